The zero-order chi connectivity index (χ0) is 64.5. The molecule has 1 atom stereocenters. The molecule has 97 heavy (non-hydrogen) atoms. The Balaban J connectivity index is 0.000000148. The summed E-state index contributed by atoms with van der Waals surface area (Å²) in [6.07, 6.45) is 1.75. The maximum absolute atomic E-state index is 11.1. The van der Waals surface area contributed by atoms with Crippen LogP contribution in [0.4, 0.5) is 0 Å². The Hall–Kier alpha value is -11.0. The number of rotatable bonds is 8. The first-order valence-corrected chi connectivity index (χ1v) is 31.5. The van der Waals surface area contributed by atoms with Gasteiger partial charge in [-0.2, -0.15) is 9.84 Å². The minimum atomic E-state index is 0. The van der Waals surface area contributed by atoms with Gasteiger partial charge in [-0.05, 0) is 151 Å². The van der Waals surface area contributed by atoms with Crippen LogP contribution < -0.4 is 29.0 Å². The Morgan fingerprint density at radius 2 is 0.577 bits per heavy atom. The van der Waals surface area contributed by atoms with E-state index in [1.807, 2.05) is 54.6 Å². The number of aromatic nitrogens is 9. The van der Waals surface area contributed by atoms with E-state index in [9.17, 15) is 5.11 Å². The van der Waals surface area contributed by atoms with Gasteiger partial charge in [0.05, 0.1) is 56.4 Å². The minimum absolute atomic E-state index is 0. The van der Waals surface area contributed by atoms with E-state index in [1.165, 1.54) is 55.0 Å². The van der Waals surface area contributed by atoms with Crippen LogP contribution in [0.3, 0.4) is 0 Å². The van der Waals surface area contributed by atoms with Crippen molar-refractivity contribution < 1.29 is 29.0 Å². The second-order valence-corrected chi connectivity index (χ2v) is 23.2. The summed E-state index contributed by atoms with van der Waals surface area (Å²) in [7, 11) is 1.67. The molecule has 1 radical (unpaired) electrons. The maximum Gasteiger partial charge on any atom is 1.00 e. The molecule has 19 aromatic rings. The molecule has 0 fully saturated rings. The maximum atomic E-state index is 11.1. The van der Waals surface area contributed by atoms with Crippen molar-refractivity contribution in [2.45, 2.75) is 0 Å². The second-order valence-electron chi connectivity index (χ2n) is 23.2. The Morgan fingerprint density at radius 1 is 0.289 bits per heavy atom. The topological polar surface area (TPSA) is 101 Å². The molecule has 10 nitrogen and oxygen atoms in total. The first kappa shape index (κ1) is 62.1. The summed E-state index contributed by atoms with van der Waals surface area (Å²) in [5.74, 6) is 2.57. The third kappa shape index (κ3) is 11.6. The van der Waals surface area contributed by atoms with Crippen molar-refractivity contribution in [1.29, 1.82) is 1.28 Å². The number of pyridine rings is 1. The zero-order valence-electron chi connectivity index (χ0n) is 54.0. The van der Waals surface area contributed by atoms with E-state index in [2.05, 4.69) is 295 Å². The van der Waals surface area contributed by atoms with Gasteiger partial charge in [0.2, 0.25) is 5.52 Å². The van der Waals surface area contributed by atoms with E-state index in [0.29, 0.717) is 5.52 Å². The molecule has 0 saturated heterocycles. The van der Waals surface area contributed by atoms with Gasteiger partial charge in [0, 0.05) is 78.1 Å². The number of hydrogen-bond acceptors (Lipinski definition) is 4. The molecule has 0 bridgehead atoms. The number of fused-ring (bicyclic) bond motifs is 10. The van der Waals surface area contributed by atoms with Crippen molar-refractivity contribution in [3.8, 4) is 68.4 Å². The minimum Gasteiger partial charge on any atom is -0.868 e. The Morgan fingerprint density at radius 3 is 0.928 bits per heavy atom. The molecular formula is C84H62BiLiN9OP+. The molecule has 0 spiro atoms. The van der Waals surface area contributed by atoms with Crippen LogP contribution >= 0.6 is 9.84 Å². The molecule has 13 heteroatoms. The fourth-order valence-electron chi connectivity index (χ4n) is 13.5. The first-order valence-electron chi connectivity index (χ1n) is 32.0. The molecule has 0 aliphatic carbocycles. The van der Waals surface area contributed by atoms with Crippen molar-refractivity contribution in [1.82, 2.24) is 37.8 Å². The SMILES string of the molecule is [3H]P.[BiH2].[Li+].[O-]c1cccc2ccc[nH+]c12.c1cc(-n2c3ccccc3c3ccccc32)cc(-n2c3ccccc3c3ccccc32)c1.c1ccc(-n2c(-c3cc(-c4nc5ccccc5n4-c4ccccc4)cc(-c4nc5ccccc5n4-c4ccccc4)c3)nc3ccccc32)cc1. The van der Waals surface area contributed by atoms with Crippen LogP contribution in [0.5, 0.6) is 5.75 Å². The average molecular weight is 1460 g/mol. The van der Waals surface area contributed by atoms with Gasteiger partial charge in [-0.1, -0.05) is 182 Å². The number of para-hydroxylation sites is 14. The van der Waals surface area contributed by atoms with Crippen molar-refractivity contribution in [2.24, 2.45) is 0 Å². The molecule has 13 aromatic carbocycles. The van der Waals surface area contributed by atoms with Gasteiger partial charge in [-0.15, -0.1) is 0 Å². The largest absolute Gasteiger partial charge is 1.00 e. The van der Waals surface area contributed by atoms with Crippen LogP contribution in [0, 0.1) is 0 Å². The summed E-state index contributed by atoms with van der Waals surface area (Å²) >= 11 is 0. The van der Waals surface area contributed by atoms with E-state index >= 15 is 0 Å². The fourth-order valence-corrected chi connectivity index (χ4v) is 13.5. The molecule has 1 unspecified atom stereocenters. The fraction of sp³-hybridized carbons (Fsp3) is 0. The van der Waals surface area contributed by atoms with E-state index in [-0.39, 0.29) is 50.8 Å². The number of benzene rings is 13. The molecule has 0 amide bonds. The molecule has 1 N–H and O–H groups in total. The van der Waals surface area contributed by atoms with E-state index in [1.54, 1.807) is 28.2 Å². The average Bonchev–Trinajstić information content (AvgIpc) is 1.59. The van der Waals surface area contributed by atoms with E-state index in [0.717, 1.165) is 89.7 Å². The number of nitrogens with zero attached hydrogens (tertiary/aromatic N) is 8. The number of aromatic amines is 1. The summed E-state index contributed by atoms with van der Waals surface area (Å²) in [6.45, 7) is 0. The van der Waals surface area contributed by atoms with Crippen molar-refractivity contribution in [2.75, 3.05) is 0 Å². The van der Waals surface area contributed by atoms with Crippen LogP contribution in [0.2, 0.25) is 0 Å². The smallest absolute Gasteiger partial charge is 0.868 e. The summed E-state index contributed by atoms with van der Waals surface area (Å²) < 4.78 is 17.2. The van der Waals surface area contributed by atoms with E-state index in [4.69, 9.17) is 16.2 Å². The number of H-pyrrole nitrogens is 1. The summed E-state index contributed by atoms with van der Waals surface area (Å²) in [6, 6.07) is 116. The second kappa shape index (κ2) is 27.4. The van der Waals surface area contributed by atoms with Gasteiger partial charge in [-0.3, -0.25) is 13.7 Å². The van der Waals surface area contributed by atoms with Crippen LogP contribution in [0.15, 0.2) is 340 Å². The quantitative estimate of drug-likeness (QED) is 0.112. The third-order valence-corrected chi connectivity index (χ3v) is 17.6. The Labute approximate surface area is 595 Å². The molecular weight excluding hydrogens is 1400 g/mol. The molecule has 0 aliphatic heterocycles. The van der Waals surface area contributed by atoms with Crippen molar-refractivity contribution in [3.63, 3.8) is 0 Å². The van der Waals surface area contributed by atoms with Crippen molar-refractivity contribution >= 4 is 124 Å². The molecule has 0 saturated carbocycles. The van der Waals surface area contributed by atoms with E-state index < -0.39 is 0 Å². The van der Waals surface area contributed by atoms with Crippen LogP contribution in [-0.4, -0.2) is 65.3 Å². The standard InChI is InChI=1S/C45H30N6.C30H20N2.C9H7NO.Bi.Li.H3P.2H/c1-4-16-34(17-5-1)49-40-25-13-10-22-37(40)46-43(49)31-28-32(44-47-38-23-11-14-26-41(38)50(44)35-18-6-2-7-19-35)30-33(29-31)45-48-39-24-12-15-27-42(39)51(45)36-20-8-3-9-21-36;1-5-16-27-23(12-1)24-13-2-6-17-28(24)31(27)21-10-9-11-22(20-21)32-29-18-7-3-14-25(29)26-15-4-8-19-30(26)32;11-8-5-1-3-7-4-2-6-10-9(7)8;;;;;/h1-30H;1-20H;1-6,11H;;;1H3;;/q;;;;+1;;;/i;;;;;1T;;. The molecule has 6 heterocycles. The van der Waals surface area contributed by atoms with Gasteiger partial charge >= 0.3 is 45.1 Å². The predicted octanol–water partition coefficient (Wildman–Crippen LogP) is 15.5. The summed E-state index contributed by atoms with van der Waals surface area (Å²) in [4.78, 5) is 18.8. The van der Waals surface area contributed by atoms with Gasteiger partial charge in [-0.25, -0.2) is 19.9 Å². The van der Waals surface area contributed by atoms with Crippen LogP contribution in [-0.2, 0) is 0 Å². The predicted molar refractivity (Wildman–Crippen MR) is 401 cm³/mol. The first-order chi connectivity index (χ1) is 47.6. The van der Waals surface area contributed by atoms with Gasteiger partial charge in [0.1, 0.15) is 17.5 Å². The number of nitrogens with one attached hydrogen (secondary N) is 1. The summed E-state index contributed by atoms with van der Waals surface area (Å²) in [5, 5.41) is 17.2. The van der Waals surface area contributed by atoms with Crippen LogP contribution in [0.25, 0.3) is 150 Å². The Bertz CT molecular complexity index is 5480. The third-order valence-electron chi connectivity index (χ3n) is 17.6. The van der Waals surface area contributed by atoms with Gasteiger partial charge in [0.15, 0.2) is 6.20 Å². The molecule has 0 aliphatic rings. The molecule has 19 rings (SSSR count). The molecule has 459 valence electrons. The number of imidazole rings is 3. The van der Waals surface area contributed by atoms with Gasteiger partial charge < -0.3 is 14.2 Å². The van der Waals surface area contributed by atoms with Gasteiger partial charge in [0.25, 0.3) is 0 Å². The summed E-state index contributed by atoms with van der Waals surface area (Å²) in [5.41, 5.74) is 19.8. The van der Waals surface area contributed by atoms with Crippen molar-refractivity contribution in [3.05, 3.63) is 340 Å². The molecule has 6 aromatic heterocycles. The Kier molecular flexibility index (Phi) is 17.5. The zero-order valence-corrected chi connectivity index (χ0v) is 58.6. The number of hydrogen-bond donors (Lipinski definition) is 0. The normalized spacial score (nSPS) is 11.2. The van der Waals surface area contributed by atoms with Crippen LogP contribution in [0.1, 0.15) is 0 Å². The monoisotopic (exact) mass is 1460 g/mol.